The highest BCUT2D eigenvalue weighted by atomic mass is 16.2. The molecule has 0 bridgehead atoms. The van der Waals surface area contributed by atoms with Crippen LogP contribution in [0.3, 0.4) is 0 Å². The molecular formula is C24H31N5O3. The van der Waals surface area contributed by atoms with E-state index in [1.807, 2.05) is 31.2 Å². The Balaban J connectivity index is 1.53. The Labute approximate surface area is 188 Å². The second-order valence-corrected chi connectivity index (χ2v) is 9.03. The molecule has 1 aromatic carbocycles. The summed E-state index contributed by atoms with van der Waals surface area (Å²) in [6, 6.07) is 9.27. The molecule has 1 unspecified atom stereocenters. The van der Waals surface area contributed by atoms with E-state index in [2.05, 4.69) is 15.7 Å². The highest BCUT2D eigenvalue weighted by molar-refractivity contribution is 6.05. The largest absolute Gasteiger partial charge is 0.351 e. The maximum atomic E-state index is 13.2. The van der Waals surface area contributed by atoms with E-state index in [1.165, 1.54) is 22.1 Å². The summed E-state index contributed by atoms with van der Waals surface area (Å²) in [5, 5.41) is 10.4. The second-order valence-electron chi connectivity index (χ2n) is 9.03. The van der Waals surface area contributed by atoms with Crippen LogP contribution in [0.25, 0.3) is 0 Å². The Morgan fingerprint density at radius 1 is 1.19 bits per heavy atom. The lowest BCUT2D eigenvalue weighted by atomic mass is 9.92. The summed E-state index contributed by atoms with van der Waals surface area (Å²) >= 11 is 0. The molecule has 4 rings (SSSR count). The van der Waals surface area contributed by atoms with Gasteiger partial charge in [-0.1, -0.05) is 38.3 Å². The van der Waals surface area contributed by atoms with Crippen molar-refractivity contribution < 1.29 is 14.4 Å². The molecule has 1 fully saturated rings. The SMILES string of the molecule is CCc1cccc(NC(=O)c2cc3n(n2)CC(C)(C(=O)NC2CCCCC2)N(C)C3=O)c1. The van der Waals surface area contributed by atoms with E-state index in [0.717, 1.165) is 37.7 Å². The van der Waals surface area contributed by atoms with Crippen LogP contribution < -0.4 is 10.6 Å². The molecule has 2 N–H and O–H groups in total. The zero-order chi connectivity index (χ0) is 22.9. The average molecular weight is 438 g/mol. The molecule has 8 heteroatoms. The smallest absolute Gasteiger partial charge is 0.276 e. The molecule has 1 saturated carbocycles. The molecule has 1 aliphatic heterocycles. The van der Waals surface area contributed by atoms with Crippen LogP contribution in [-0.2, 0) is 17.8 Å². The van der Waals surface area contributed by atoms with Crippen LogP contribution in [-0.4, -0.2) is 51.0 Å². The quantitative estimate of drug-likeness (QED) is 0.752. The lowest BCUT2D eigenvalue weighted by molar-refractivity contribution is -0.133. The molecule has 0 radical (unpaired) electrons. The number of carbonyl (C=O) groups excluding carboxylic acids is 3. The number of nitrogens with zero attached hydrogens (tertiary/aromatic N) is 3. The van der Waals surface area contributed by atoms with Crippen molar-refractivity contribution in [2.24, 2.45) is 0 Å². The van der Waals surface area contributed by atoms with Gasteiger partial charge in [-0.15, -0.1) is 0 Å². The average Bonchev–Trinajstić information content (AvgIpc) is 3.22. The third-order valence-electron chi connectivity index (χ3n) is 6.76. The van der Waals surface area contributed by atoms with Gasteiger partial charge in [-0.3, -0.25) is 19.1 Å². The van der Waals surface area contributed by atoms with Gasteiger partial charge in [0, 0.05) is 24.8 Å². The summed E-state index contributed by atoms with van der Waals surface area (Å²) in [4.78, 5) is 40.5. The van der Waals surface area contributed by atoms with E-state index in [9.17, 15) is 14.4 Å². The first-order chi connectivity index (χ1) is 15.3. The van der Waals surface area contributed by atoms with Crippen molar-refractivity contribution in [2.45, 2.75) is 70.5 Å². The van der Waals surface area contributed by atoms with Crippen LogP contribution in [0.15, 0.2) is 30.3 Å². The number of hydrogen-bond acceptors (Lipinski definition) is 4. The van der Waals surface area contributed by atoms with E-state index in [-0.39, 0.29) is 36.0 Å². The lowest BCUT2D eigenvalue weighted by Gasteiger charge is -2.41. The lowest BCUT2D eigenvalue weighted by Crippen LogP contribution is -2.63. The Morgan fingerprint density at radius 3 is 2.66 bits per heavy atom. The molecule has 2 aromatic rings. The van der Waals surface area contributed by atoms with Gasteiger partial charge in [-0.25, -0.2) is 0 Å². The minimum Gasteiger partial charge on any atom is -0.351 e. The fourth-order valence-corrected chi connectivity index (χ4v) is 4.49. The summed E-state index contributed by atoms with van der Waals surface area (Å²) < 4.78 is 1.49. The van der Waals surface area contributed by atoms with Crippen molar-refractivity contribution in [1.29, 1.82) is 0 Å². The number of amides is 3. The predicted molar refractivity (Wildman–Crippen MR) is 122 cm³/mol. The van der Waals surface area contributed by atoms with Gasteiger partial charge in [-0.05, 0) is 43.9 Å². The number of fused-ring (bicyclic) bond motifs is 1. The molecule has 0 saturated heterocycles. The van der Waals surface area contributed by atoms with Gasteiger partial charge < -0.3 is 15.5 Å². The van der Waals surface area contributed by atoms with E-state index in [4.69, 9.17) is 0 Å². The standard InChI is InChI=1S/C24H31N5O3/c1-4-16-9-8-12-18(13-16)25-21(30)19-14-20-22(31)28(3)24(2,15-29(20)27-19)23(32)26-17-10-6-5-7-11-17/h8-9,12-14,17H,4-7,10-11,15H2,1-3H3,(H,25,30)(H,26,32). The fourth-order valence-electron chi connectivity index (χ4n) is 4.49. The fraction of sp³-hybridized carbons (Fsp3) is 0.500. The number of aromatic nitrogens is 2. The number of benzene rings is 1. The van der Waals surface area contributed by atoms with Crippen LogP contribution >= 0.6 is 0 Å². The molecule has 3 amide bonds. The van der Waals surface area contributed by atoms with Gasteiger partial charge in [0.2, 0.25) is 5.91 Å². The normalized spacial score (nSPS) is 21.2. The summed E-state index contributed by atoms with van der Waals surface area (Å²) in [6.07, 6.45) is 6.22. The molecule has 1 aliphatic carbocycles. The molecule has 8 nitrogen and oxygen atoms in total. The van der Waals surface area contributed by atoms with E-state index in [1.54, 1.807) is 14.0 Å². The molecule has 1 atom stereocenters. The van der Waals surface area contributed by atoms with Crippen molar-refractivity contribution >= 4 is 23.4 Å². The zero-order valence-electron chi connectivity index (χ0n) is 19.0. The highest BCUT2D eigenvalue weighted by Gasteiger charge is 2.46. The molecule has 2 aliphatic rings. The van der Waals surface area contributed by atoms with Crippen molar-refractivity contribution in [1.82, 2.24) is 20.0 Å². The van der Waals surface area contributed by atoms with E-state index < -0.39 is 5.54 Å². The van der Waals surface area contributed by atoms with Gasteiger partial charge in [0.15, 0.2) is 5.69 Å². The number of rotatable bonds is 5. The van der Waals surface area contributed by atoms with Crippen molar-refractivity contribution in [3.05, 3.63) is 47.3 Å². The first-order valence-electron chi connectivity index (χ1n) is 11.4. The Hall–Kier alpha value is -3.16. The Bertz CT molecular complexity index is 1040. The molecule has 2 heterocycles. The van der Waals surface area contributed by atoms with Crippen molar-refractivity contribution in [3.63, 3.8) is 0 Å². The number of carbonyl (C=O) groups is 3. The van der Waals surface area contributed by atoms with Crippen LogP contribution in [0.4, 0.5) is 5.69 Å². The number of likely N-dealkylation sites (N-methyl/N-ethyl adjacent to an activating group) is 1. The van der Waals surface area contributed by atoms with E-state index in [0.29, 0.717) is 11.4 Å². The summed E-state index contributed by atoms with van der Waals surface area (Å²) in [5.41, 5.74) is 1.18. The zero-order valence-corrected chi connectivity index (χ0v) is 19.0. The minimum absolute atomic E-state index is 0.149. The number of nitrogens with one attached hydrogen (secondary N) is 2. The molecule has 170 valence electrons. The topological polar surface area (TPSA) is 96.3 Å². The molecule has 1 aromatic heterocycles. The maximum absolute atomic E-state index is 13.2. The first kappa shape index (κ1) is 22.0. The van der Waals surface area contributed by atoms with Gasteiger partial charge in [0.25, 0.3) is 11.8 Å². The van der Waals surface area contributed by atoms with Crippen LogP contribution in [0.2, 0.25) is 0 Å². The summed E-state index contributed by atoms with van der Waals surface area (Å²) in [7, 11) is 1.63. The summed E-state index contributed by atoms with van der Waals surface area (Å²) in [5.74, 6) is -0.884. The predicted octanol–water partition coefficient (Wildman–Crippen LogP) is 2.99. The van der Waals surface area contributed by atoms with Crippen molar-refractivity contribution in [2.75, 3.05) is 12.4 Å². The second kappa shape index (κ2) is 8.76. The van der Waals surface area contributed by atoms with Gasteiger partial charge in [0.05, 0.1) is 6.54 Å². The third kappa shape index (κ3) is 4.13. The number of hydrogen-bond donors (Lipinski definition) is 2. The Morgan fingerprint density at radius 2 is 1.94 bits per heavy atom. The van der Waals surface area contributed by atoms with Crippen LogP contribution in [0.1, 0.15) is 72.5 Å². The van der Waals surface area contributed by atoms with Gasteiger partial charge in [0.1, 0.15) is 11.2 Å². The van der Waals surface area contributed by atoms with Crippen molar-refractivity contribution in [3.8, 4) is 0 Å². The monoisotopic (exact) mass is 437 g/mol. The van der Waals surface area contributed by atoms with Crippen LogP contribution in [0, 0.1) is 0 Å². The maximum Gasteiger partial charge on any atom is 0.276 e. The summed E-state index contributed by atoms with van der Waals surface area (Å²) in [6.45, 7) is 4.00. The number of anilines is 1. The third-order valence-corrected chi connectivity index (χ3v) is 6.76. The molecule has 0 spiro atoms. The molecular weight excluding hydrogens is 406 g/mol. The van der Waals surface area contributed by atoms with Gasteiger partial charge >= 0.3 is 0 Å². The highest BCUT2D eigenvalue weighted by Crippen LogP contribution is 2.27. The van der Waals surface area contributed by atoms with Crippen LogP contribution in [0.5, 0.6) is 0 Å². The molecule has 32 heavy (non-hydrogen) atoms. The number of aryl methyl sites for hydroxylation is 1. The van der Waals surface area contributed by atoms with Gasteiger partial charge in [-0.2, -0.15) is 5.10 Å². The van der Waals surface area contributed by atoms with E-state index >= 15 is 0 Å². The first-order valence-corrected chi connectivity index (χ1v) is 11.4. The minimum atomic E-state index is -1.07. The Kier molecular flexibility index (Phi) is 6.04.